The summed E-state index contributed by atoms with van der Waals surface area (Å²) < 4.78 is 1.62. The third-order valence-corrected chi connectivity index (χ3v) is 10.3. The molecule has 0 aromatic carbocycles. The molecule has 50 valence electrons. The van der Waals surface area contributed by atoms with Crippen molar-refractivity contribution in [3.63, 3.8) is 0 Å². The molecule has 1 saturated carbocycles. The number of hydrogen-bond acceptors (Lipinski definition) is 0. The average molecular weight is 378 g/mol. The molecule has 0 radical (unpaired) electrons. The summed E-state index contributed by atoms with van der Waals surface area (Å²) in [5.74, 6) is 1.15. The van der Waals surface area contributed by atoms with Crippen LogP contribution in [0.15, 0.2) is 0 Å². The Labute approximate surface area is 75.5 Å². The molecule has 0 bridgehead atoms. The Morgan fingerprint density at radius 2 is 1.89 bits per heavy atom. The molecule has 0 N–H and O–H groups in total. The fraction of sp³-hybridized carbons (Fsp3) is 1.00. The summed E-state index contributed by atoms with van der Waals surface area (Å²) in [6.07, 6.45) is 7.64. The van der Waals surface area contributed by atoms with Crippen LogP contribution in [0.1, 0.15) is 32.1 Å². The molecule has 9 heavy (non-hydrogen) atoms. The van der Waals surface area contributed by atoms with Crippen molar-refractivity contribution < 1.29 is 22.1 Å². The van der Waals surface area contributed by atoms with Crippen molar-refractivity contribution in [3.05, 3.63) is 0 Å². The van der Waals surface area contributed by atoms with Crippen molar-refractivity contribution in [1.29, 1.82) is 0 Å². The minimum atomic E-state index is -0.433. The summed E-state index contributed by atoms with van der Waals surface area (Å²) in [7, 11) is 0. The molecular formula is C7H13BrHg. The summed E-state index contributed by atoms with van der Waals surface area (Å²) in [5.41, 5.74) is 0. The van der Waals surface area contributed by atoms with Gasteiger partial charge < -0.3 is 0 Å². The molecular weight excluding hydrogens is 365 g/mol. The molecule has 0 atom stereocenters. The third kappa shape index (κ3) is 3.36. The van der Waals surface area contributed by atoms with Crippen LogP contribution >= 0.6 is 11.9 Å². The van der Waals surface area contributed by atoms with E-state index in [0.29, 0.717) is 0 Å². The predicted octanol–water partition coefficient (Wildman–Crippen LogP) is 3.38. The molecule has 1 aliphatic rings. The van der Waals surface area contributed by atoms with Crippen molar-refractivity contribution in [2.45, 2.75) is 36.0 Å². The van der Waals surface area contributed by atoms with Gasteiger partial charge in [0.05, 0.1) is 0 Å². The molecule has 0 heterocycles. The van der Waals surface area contributed by atoms with Crippen molar-refractivity contribution >= 4 is 11.9 Å². The maximum absolute atomic E-state index is 3.71. The van der Waals surface area contributed by atoms with E-state index in [1.54, 1.807) is 16.8 Å². The number of rotatable bonds is 2. The van der Waals surface area contributed by atoms with Crippen LogP contribution in [0.5, 0.6) is 0 Å². The molecule has 0 spiro atoms. The Morgan fingerprint density at radius 3 is 2.44 bits per heavy atom. The quantitative estimate of drug-likeness (QED) is 0.647. The van der Waals surface area contributed by atoms with Crippen LogP contribution in [0.2, 0.25) is 3.93 Å². The summed E-state index contributed by atoms with van der Waals surface area (Å²) in [6.45, 7) is 0. The summed E-state index contributed by atoms with van der Waals surface area (Å²) in [4.78, 5) is 0. The van der Waals surface area contributed by atoms with Crippen LogP contribution < -0.4 is 0 Å². The molecule has 2 heteroatoms. The Bertz CT molecular complexity index is 66.6. The van der Waals surface area contributed by atoms with Gasteiger partial charge in [-0.2, -0.15) is 0 Å². The van der Waals surface area contributed by atoms with E-state index >= 15 is 0 Å². The fourth-order valence-corrected chi connectivity index (χ4v) is 10.8. The Morgan fingerprint density at radius 1 is 1.22 bits per heavy atom. The first-order valence-electron chi connectivity index (χ1n) is 3.99. The number of hydrogen-bond donors (Lipinski definition) is 0. The monoisotopic (exact) mass is 378 g/mol. The first kappa shape index (κ1) is 8.51. The van der Waals surface area contributed by atoms with Crippen LogP contribution in [0.3, 0.4) is 0 Å². The molecule has 0 aliphatic heterocycles. The van der Waals surface area contributed by atoms with Crippen LogP contribution in [0.25, 0.3) is 0 Å². The maximum atomic E-state index is 3.71. The van der Waals surface area contributed by atoms with Crippen molar-refractivity contribution in [1.82, 2.24) is 0 Å². The topological polar surface area (TPSA) is 0 Å². The summed E-state index contributed by atoms with van der Waals surface area (Å²) >= 11 is 3.27. The van der Waals surface area contributed by atoms with E-state index < -0.39 is 22.1 Å². The van der Waals surface area contributed by atoms with E-state index in [9.17, 15) is 0 Å². The third-order valence-electron chi connectivity index (χ3n) is 2.24. The van der Waals surface area contributed by atoms with Crippen LogP contribution in [0.4, 0.5) is 0 Å². The normalized spacial score (nSPS) is 21.4. The molecule has 1 aliphatic carbocycles. The van der Waals surface area contributed by atoms with Gasteiger partial charge in [0.15, 0.2) is 0 Å². The van der Waals surface area contributed by atoms with Gasteiger partial charge in [-0.3, -0.25) is 0 Å². The van der Waals surface area contributed by atoms with Gasteiger partial charge in [-0.05, 0) is 0 Å². The van der Waals surface area contributed by atoms with E-state index in [-0.39, 0.29) is 0 Å². The Kier molecular flexibility index (Phi) is 4.84. The second-order valence-corrected chi connectivity index (χ2v) is 13.7. The molecule has 0 saturated heterocycles. The Hall–Kier alpha value is 1.42. The second kappa shape index (κ2) is 5.12. The van der Waals surface area contributed by atoms with Gasteiger partial charge in [0, 0.05) is 0 Å². The molecule has 0 aromatic rings. The van der Waals surface area contributed by atoms with Crippen molar-refractivity contribution in [3.8, 4) is 0 Å². The standard InChI is InChI=1S/C7H13.BrH.Hg/c1-7-5-3-2-4-6-7;;/h7H,1-6H2;1H;/q;;+1/p-1. The van der Waals surface area contributed by atoms with Crippen molar-refractivity contribution in [2.75, 3.05) is 0 Å². The zero-order chi connectivity index (χ0) is 6.53. The zero-order valence-electron chi connectivity index (χ0n) is 5.91. The van der Waals surface area contributed by atoms with Gasteiger partial charge in [0.1, 0.15) is 0 Å². The van der Waals surface area contributed by atoms with Crippen LogP contribution in [-0.2, 0) is 22.1 Å². The van der Waals surface area contributed by atoms with Crippen LogP contribution in [-0.4, -0.2) is 0 Å². The Balaban J connectivity index is 2.08. The predicted molar refractivity (Wildman–Crippen MR) is 40.3 cm³/mol. The van der Waals surface area contributed by atoms with E-state index in [1.807, 2.05) is 0 Å². The second-order valence-electron chi connectivity index (χ2n) is 2.98. The molecule has 1 fully saturated rings. The van der Waals surface area contributed by atoms with E-state index in [2.05, 4.69) is 11.9 Å². The van der Waals surface area contributed by atoms with Gasteiger partial charge in [0.25, 0.3) is 0 Å². The fourth-order valence-electron chi connectivity index (χ4n) is 1.63. The molecule has 0 aromatic heterocycles. The molecule has 0 unspecified atom stereocenters. The average Bonchev–Trinajstić information content (AvgIpc) is 1.91. The summed E-state index contributed by atoms with van der Waals surface area (Å²) in [5, 5.41) is 0. The molecule has 1 rings (SSSR count). The molecule has 0 nitrogen and oxygen atoms in total. The SMILES string of the molecule is [Br][Hg][CH2]C1CCCCC1. The van der Waals surface area contributed by atoms with Gasteiger partial charge in [-0.25, -0.2) is 0 Å². The van der Waals surface area contributed by atoms with E-state index in [0.717, 1.165) is 5.92 Å². The molecule has 0 amide bonds. The van der Waals surface area contributed by atoms with E-state index in [1.165, 1.54) is 19.3 Å². The van der Waals surface area contributed by atoms with E-state index in [4.69, 9.17) is 0 Å². The zero-order valence-corrected chi connectivity index (χ0v) is 13.0. The van der Waals surface area contributed by atoms with Gasteiger partial charge >= 0.3 is 76.0 Å². The minimum absolute atomic E-state index is 0.433. The van der Waals surface area contributed by atoms with Crippen molar-refractivity contribution in [2.24, 2.45) is 5.92 Å². The summed E-state index contributed by atoms with van der Waals surface area (Å²) in [6, 6.07) is 0. The first-order valence-corrected chi connectivity index (χ1v) is 19.8. The first-order chi connectivity index (χ1) is 4.43. The van der Waals surface area contributed by atoms with Gasteiger partial charge in [-0.15, -0.1) is 0 Å². The number of halogens is 1. The van der Waals surface area contributed by atoms with Gasteiger partial charge in [0.2, 0.25) is 0 Å². The van der Waals surface area contributed by atoms with Gasteiger partial charge in [-0.1, -0.05) is 0 Å². The van der Waals surface area contributed by atoms with Crippen LogP contribution in [0, 0.1) is 5.92 Å².